The molecule has 608 valence electrons. The van der Waals surface area contributed by atoms with Crippen molar-refractivity contribution < 1.29 is 0 Å². The lowest BCUT2D eigenvalue weighted by Gasteiger charge is -2.23. The number of anilines is 6. The Kier molecular flexibility index (Phi) is 37.3. The van der Waals surface area contributed by atoms with E-state index in [-0.39, 0.29) is 0 Å². The summed E-state index contributed by atoms with van der Waals surface area (Å²) in [4.78, 5) is 37.7. The first-order valence-electron chi connectivity index (χ1n) is 40.4. The van der Waals surface area contributed by atoms with Gasteiger partial charge in [0.05, 0.1) is 72.6 Å². The van der Waals surface area contributed by atoms with E-state index in [1.807, 2.05) is 48.5 Å². The quantitative estimate of drug-likeness (QED) is 0.0176. The Morgan fingerprint density at radius 1 is 0.276 bits per heavy atom. The van der Waals surface area contributed by atoms with E-state index < -0.39 is 7.92 Å². The molecule has 0 saturated carbocycles. The van der Waals surface area contributed by atoms with Gasteiger partial charge < -0.3 is 42.5 Å². The van der Waals surface area contributed by atoms with Crippen molar-refractivity contribution in [2.24, 2.45) is 39.9 Å². The standard InChI is InChI=1S/C38H39N4P.C27H32N4.2C17H28N4/c1-27-15-12-16-28(2)36(27)40-31(5)39-26-32-19-14-20-33(25-32)41-38(42-37-29(3)17-13-18-30(37)4)43(34-21-8-6-9-22-34)35-23-10-7-11-24-35;1-18-9-7-10-19(2)26(18)30-22(5)28-17-24-13-15-25(16-14-24)29-23(6)31-27-20(3)11-8-12-21(27)4;2*1-12(2)19-14(5)18-11-16-7-9-17(10-8-16)21-15(6)20-13(3)4/h6-25H,26H2,1-5H3,(H,39,40)(H,41,42);7-16H,17H2,1-6H3,(H,28,30)(H,29,31);2*7-10,12-13H,11H2,1-6H3,(H,18,19)(H,20,21). The molecule has 0 aliphatic heterocycles. The van der Waals surface area contributed by atoms with Crippen LogP contribution in [0.1, 0.15) is 171 Å². The van der Waals surface area contributed by atoms with E-state index in [0.717, 1.165) is 114 Å². The summed E-state index contributed by atoms with van der Waals surface area (Å²) in [6.07, 6.45) is 0. The summed E-state index contributed by atoms with van der Waals surface area (Å²) in [5.74, 6) is 6.51. The van der Waals surface area contributed by atoms with E-state index in [9.17, 15) is 0 Å². The molecule has 16 nitrogen and oxygen atoms in total. The van der Waals surface area contributed by atoms with Crippen LogP contribution in [-0.4, -0.2) is 70.6 Å². The molecule has 10 aromatic carbocycles. The van der Waals surface area contributed by atoms with Crippen molar-refractivity contribution in [3.8, 4) is 0 Å². The summed E-state index contributed by atoms with van der Waals surface area (Å²) in [5, 5.41) is 29.8. The van der Waals surface area contributed by atoms with Crippen LogP contribution >= 0.6 is 7.92 Å². The van der Waals surface area contributed by atoms with Gasteiger partial charge >= 0.3 is 0 Å². The number of rotatable bonds is 23. The van der Waals surface area contributed by atoms with Crippen LogP contribution in [0.4, 0.5) is 45.5 Å². The smallest absolute Gasteiger partial charge is 0.138 e. The Hall–Kier alpha value is -11.6. The highest BCUT2D eigenvalue weighted by atomic mass is 31.1. The molecule has 0 aliphatic carbocycles. The molecule has 0 fully saturated rings. The van der Waals surface area contributed by atoms with Crippen molar-refractivity contribution in [3.05, 3.63) is 297 Å². The third-order valence-electron chi connectivity index (χ3n) is 18.1. The fourth-order valence-electron chi connectivity index (χ4n) is 12.6. The molecule has 0 aromatic heterocycles. The average molecular weight is 1570 g/mol. The first kappa shape index (κ1) is 91.6. The summed E-state index contributed by atoms with van der Waals surface area (Å²) in [6, 6.07) is 81.6. The second kappa shape index (κ2) is 47.3. The molecule has 116 heavy (non-hydrogen) atoms. The summed E-state index contributed by atoms with van der Waals surface area (Å²) < 4.78 is 0. The van der Waals surface area contributed by atoms with Crippen molar-refractivity contribution in [2.45, 2.75) is 210 Å². The zero-order chi connectivity index (χ0) is 84.2. The van der Waals surface area contributed by atoms with Crippen molar-refractivity contribution in [3.63, 3.8) is 0 Å². The van der Waals surface area contributed by atoms with Gasteiger partial charge in [-0.3, -0.25) is 30.0 Å². The minimum Gasteiger partial charge on any atom is -0.372 e. The number of hydrogen-bond acceptors (Lipinski definition) is 8. The van der Waals surface area contributed by atoms with Gasteiger partial charge in [0.15, 0.2) is 0 Å². The molecule has 8 N–H and O–H groups in total. The maximum atomic E-state index is 5.37. The topological polar surface area (TPSA) is 195 Å². The molecule has 10 rings (SSSR count). The number of hydrogen-bond donors (Lipinski definition) is 8. The molecule has 0 saturated heterocycles. The van der Waals surface area contributed by atoms with Gasteiger partial charge in [-0.25, -0.2) is 9.98 Å². The molecule has 0 spiro atoms. The molecule has 0 aliphatic rings. The zero-order valence-electron chi connectivity index (χ0n) is 73.1. The van der Waals surface area contributed by atoms with E-state index in [2.05, 4.69) is 404 Å². The fourth-order valence-corrected chi connectivity index (χ4v) is 14.8. The van der Waals surface area contributed by atoms with Crippen LogP contribution in [0.25, 0.3) is 0 Å². The summed E-state index contributed by atoms with van der Waals surface area (Å²) >= 11 is 0. The predicted octanol–water partition coefficient (Wildman–Crippen LogP) is 24.0. The lowest BCUT2D eigenvalue weighted by molar-refractivity contribution is 0.726. The number of nitrogens with zero attached hydrogens (tertiary/aromatic N) is 8. The predicted molar refractivity (Wildman–Crippen MR) is 510 cm³/mol. The lowest BCUT2D eigenvalue weighted by atomic mass is 10.1. The second-order valence-electron chi connectivity index (χ2n) is 30.5. The van der Waals surface area contributed by atoms with E-state index in [1.54, 1.807) is 0 Å². The summed E-state index contributed by atoms with van der Waals surface area (Å²) in [5.41, 5.74) is 23.6. The highest BCUT2D eigenvalue weighted by molar-refractivity contribution is 7.88. The van der Waals surface area contributed by atoms with Gasteiger partial charge in [-0.05, 0) is 285 Å². The van der Waals surface area contributed by atoms with Gasteiger partial charge in [0.2, 0.25) is 0 Å². The second-order valence-corrected chi connectivity index (χ2v) is 32.6. The molecule has 0 bridgehead atoms. The summed E-state index contributed by atoms with van der Waals surface area (Å²) in [6.45, 7) is 50.2. The first-order valence-corrected chi connectivity index (χ1v) is 41.7. The first-order chi connectivity index (χ1) is 55.4. The van der Waals surface area contributed by atoms with Crippen LogP contribution in [0.15, 0.2) is 270 Å². The lowest BCUT2D eigenvalue weighted by Crippen LogP contribution is -2.27. The minimum absolute atomic E-state index is 0.308. The van der Waals surface area contributed by atoms with Crippen LogP contribution in [-0.2, 0) is 26.2 Å². The van der Waals surface area contributed by atoms with E-state index in [0.29, 0.717) is 50.3 Å². The average Bonchev–Trinajstić information content (AvgIpc) is 0.801. The van der Waals surface area contributed by atoms with Gasteiger partial charge in [-0.15, -0.1) is 0 Å². The van der Waals surface area contributed by atoms with Crippen LogP contribution in [0.5, 0.6) is 0 Å². The van der Waals surface area contributed by atoms with Gasteiger partial charge in [-0.1, -0.05) is 182 Å². The monoisotopic (exact) mass is 1570 g/mol. The molecule has 0 unspecified atom stereocenters. The maximum absolute atomic E-state index is 5.37. The Morgan fingerprint density at radius 3 is 0.931 bits per heavy atom. The highest BCUT2D eigenvalue weighted by Gasteiger charge is 2.22. The molecule has 0 amide bonds. The Morgan fingerprint density at radius 2 is 0.586 bits per heavy atom. The van der Waals surface area contributed by atoms with Crippen molar-refractivity contribution >= 4 is 110 Å². The maximum Gasteiger partial charge on any atom is 0.138 e. The van der Waals surface area contributed by atoms with Gasteiger partial charge in [-0.2, -0.15) is 0 Å². The molecule has 0 atom stereocenters. The van der Waals surface area contributed by atoms with Crippen LogP contribution in [0.3, 0.4) is 0 Å². The van der Waals surface area contributed by atoms with Crippen LogP contribution < -0.4 is 53.1 Å². The van der Waals surface area contributed by atoms with Crippen molar-refractivity contribution in [1.82, 2.24) is 10.6 Å². The number of para-hydroxylation sites is 4. The third-order valence-corrected chi connectivity index (χ3v) is 20.4. The van der Waals surface area contributed by atoms with Crippen molar-refractivity contribution in [1.29, 1.82) is 0 Å². The number of amidine groups is 8. The number of aliphatic imine (C=N–C) groups is 8. The van der Waals surface area contributed by atoms with Crippen molar-refractivity contribution in [2.75, 3.05) is 31.9 Å². The molecule has 0 heterocycles. The Balaban J connectivity index is 0.000000225. The van der Waals surface area contributed by atoms with E-state index in [4.69, 9.17) is 20.0 Å². The summed E-state index contributed by atoms with van der Waals surface area (Å²) in [7, 11) is -0.948. The Labute approximate surface area is 695 Å². The Bertz CT molecular complexity index is 4780. The third kappa shape index (κ3) is 32.3. The molecule has 17 heteroatoms. The number of nitrogens with one attached hydrogen (secondary N) is 8. The van der Waals surface area contributed by atoms with Gasteiger partial charge in [0.25, 0.3) is 0 Å². The van der Waals surface area contributed by atoms with E-state index >= 15 is 0 Å². The van der Waals surface area contributed by atoms with E-state index in [1.165, 1.54) is 55.1 Å². The SMILES string of the molecule is CC(=NC(C)C)Nc1ccc(CN=C(C)NC(C)C)cc1.CC(=NC(C)C)Nc1ccc(CN=C(C)NC(C)C)cc1.CC(=NCc1cccc(NC(=Nc2c(C)cccc2C)P(c2ccccc2)c2ccccc2)c1)Nc1c(C)cccc1C.CC(=Nc1c(C)cccc1C)Nc1ccc(CN=C(C)Nc2c(C)cccc2C)cc1. The molecular formula is C99H127N16P. The normalized spacial score (nSPS) is 12.3. The van der Waals surface area contributed by atoms with Crippen LogP contribution in [0, 0.1) is 55.4 Å². The minimum atomic E-state index is -0.948. The number of aryl methyl sites for hydroxylation is 8. The molecular weight excluding hydrogens is 1440 g/mol. The largest absolute Gasteiger partial charge is 0.372 e. The van der Waals surface area contributed by atoms with Crippen LogP contribution in [0.2, 0.25) is 0 Å². The fraction of sp³-hybridized carbons (Fsp3) is 0.313. The zero-order valence-corrected chi connectivity index (χ0v) is 74.0. The van der Waals surface area contributed by atoms with Gasteiger partial charge in [0.1, 0.15) is 11.4 Å². The molecule has 0 radical (unpaired) electrons. The molecule has 10 aromatic rings. The number of benzene rings is 10. The van der Waals surface area contributed by atoms with Gasteiger partial charge in [0, 0.05) is 66.2 Å². The highest BCUT2D eigenvalue weighted by Crippen LogP contribution is 2.39.